The van der Waals surface area contributed by atoms with E-state index in [1.165, 1.54) is 23.1 Å². The Morgan fingerprint density at radius 1 is 0.755 bits per heavy atom. The molecule has 0 aromatic heterocycles. The standard InChI is InChI=1S/C37H63N7O9/c1-4-18-39-35(51)32(24(3)45)42-34(50)29-16-11-20-44(29)37(53)27(22-31(47)48)41-33(49)28-15-10-19-43(28)36(52)26(14-8-9-17-38)40-30(46)21-23(2)25-12-6-5-7-13-25/h23-29,32,45H,4-22,38H2,1-3H3,(H,39,51)(H,40,46)(H,41,49)(H,42,50)(H,47,48)/t23-,24+,26-,27-,28-,29-,32-/m0/s1. The highest BCUT2D eigenvalue weighted by atomic mass is 16.4. The summed E-state index contributed by atoms with van der Waals surface area (Å²) in [4.78, 5) is 95.2. The van der Waals surface area contributed by atoms with Crippen LogP contribution < -0.4 is 27.0 Å². The van der Waals surface area contributed by atoms with E-state index < -0.39 is 78.2 Å². The van der Waals surface area contributed by atoms with Crippen LogP contribution in [-0.4, -0.2) is 124 Å². The van der Waals surface area contributed by atoms with Gasteiger partial charge in [0.1, 0.15) is 30.2 Å². The smallest absolute Gasteiger partial charge is 0.305 e. The normalized spacial score (nSPS) is 21.9. The number of aliphatic carboxylic acids is 1. The first-order valence-electron chi connectivity index (χ1n) is 19.7. The molecule has 1 saturated carbocycles. The maximum absolute atomic E-state index is 14.0. The number of nitrogens with zero attached hydrogens (tertiary/aromatic N) is 2. The quantitative estimate of drug-likeness (QED) is 0.0853. The lowest BCUT2D eigenvalue weighted by molar-refractivity contribution is -0.147. The third-order valence-corrected chi connectivity index (χ3v) is 10.8. The van der Waals surface area contributed by atoms with Crippen LogP contribution >= 0.6 is 0 Å². The molecule has 2 saturated heterocycles. The molecule has 53 heavy (non-hydrogen) atoms. The van der Waals surface area contributed by atoms with E-state index in [9.17, 15) is 43.8 Å². The van der Waals surface area contributed by atoms with Crippen molar-refractivity contribution in [1.82, 2.24) is 31.1 Å². The maximum atomic E-state index is 14.0. The Morgan fingerprint density at radius 3 is 1.89 bits per heavy atom. The summed E-state index contributed by atoms with van der Waals surface area (Å²) < 4.78 is 0. The zero-order valence-corrected chi connectivity index (χ0v) is 31.8. The van der Waals surface area contributed by atoms with E-state index in [1.54, 1.807) is 0 Å². The molecule has 0 radical (unpaired) electrons. The van der Waals surface area contributed by atoms with Crippen LogP contribution in [0, 0.1) is 11.8 Å². The number of aliphatic hydroxyl groups is 1. The van der Waals surface area contributed by atoms with Gasteiger partial charge in [-0.25, -0.2) is 0 Å². The van der Waals surface area contributed by atoms with Crippen LogP contribution in [0.15, 0.2) is 0 Å². The molecule has 0 aromatic carbocycles. The second-order valence-corrected chi connectivity index (χ2v) is 15.0. The molecule has 3 aliphatic rings. The summed E-state index contributed by atoms with van der Waals surface area (Å²) in [7, 11) is 0. The molecule has 3 fully saturated rings. The molecule has 1 aliphatic carbocycles. The fourth-order valence-corrected chi connectivity index (χ4v) is 7.83. The lowest BCUT2D eigenvalue weighted by Crippen LogP contribution is -2.60. The number of carbonyl (C=O) groups excluding carboxylic acids is 6. The molecule has 300 valence electrons. The second kappa shape index (κ2) is 21.8. The minimum Gasteiger partial charge on any atom is -0.481 e. The Morgan fingerprint density at radius 2 is 1.34 bits per heavy atom. The topological polar surface area (TPSA) is 241 Å². The predicted molar refractivity (Wildman–Crippen MR) is 196 cm³/mol. The first-order valence-corrected chi connectivity index (χ1v) is 19.7. The van der Waals surface area contributed by atoms with Crippen molar-refractivity contribution < 1.29 is 43.8 Å². The average Bonchev–Trinajstić information content (AvgIpc) is 3.83. The highest BCUT2D eigenvalue weighted by Crippen LogP contribution is 2.31. The van der Waals surface area contributed by atoms with Gasteiger partial charge < -0.3 is 47.0 Å². The molecule has 0 bridgehead atoms. The van der Waals surface area contributed by atoms with Gasteiger partial charge in [-0.15, -0.1) is 0 Å². The van der Waals surface area contributed by atoms with Crippen molar-refractivity contribution in [3.8, 4) is 0 Å². The number of rotatable bonds is 20. The molecule has 16 heteroatoms. The Kier molecular flexibility index (Phi) is 17.9. The van der Waals surface area contributed by atoms with E-state index in [4.69, 9.17) is 5.73 Å². The predicted octanol–water partition coefficient (Wildman–Crippen LogP) is 0.540. The third kappa shape index (κ3) is 12.9. The lowest BCUT2D eigenvalue weighted by Gasteiger charge is -2.32. The van der Waals surface area contributed by atoms with Crippen LogP contribution in [-0.2, 0) is 33.6 Å². The van der Waals surface area contributed by atoms with Gasteiger partial charge in [-0.05, 0) is 76.7 Å². The lowest BCUT2D eigenvalue weighted by atomic mass is 9.79. The number of nitrogens with two attached hydrogens (primary N) is 1. The van der Waals surface area contributed by atoms with Crippen molar-refractivity contribution in [3.63, 3.8) is 0 Å². The van der Waals surface area contributed by atoms with E-state index in [-0.39, 0.29) is 37.8 Å². The molecule has 2 aliphatic heterocycles. The highest BCUT2D eigenvalue weighted by molar-refractivity contribution is 5.98. The van der Waals surface area contributed by atoms with Gasteiger partial charge >= 0.3 is 5.97 Å². The number of hydrogen-bond acceptors (Lipinski definition) is 9. The Hall–Kier alpha value is -3.79. The first kappa shape index (κ1) is 43.6. The number of carboxylic acids is 1. The Balaban J connectivity index is 1.71. The molecule has 3 rings (SSSR count). The maximum Gasteiger partial charge on any atom is 0.305 e. The Labute approximate surface area is 313 Å². The molecule has 0 spiro atoms. The van der Waals surface area contributed by atoms with Gasteiger partial charge in [0.05, 0.1) is 12.5 Å². The van der Waals surface area contributed by atoms with E-state index in [0.29, 0.717) is 64.0 Å². The zero-order chi connectivity index (χ0) is 39.1. The fourth-order valence-electron chi connectivity index (χ4n) is 7.83. The van der Waals surface area contributed by atoms with Crippen LogP contribution in [0.25, 0.3) is 0 Å². The van der Waals surface area contributed by atoms with Crippen LogP contribution in [0.4, 0.5) is 0 Å². The van der Waals surface area contributed by atoms with Crippen LogP contribution in [0.2, 0.25) is 0 Å². The summed E-state index contributed by atoms with van der Waals surface area (Å²) in [5, 5.41) is 30.5. The van der Waals surface area contributed by atoms with Crippen LogP contribution in [0.3, 0.4) is 0 Å². The van der Waals surface area contributed by atoms with Crippen molar-refractivity contribution in [1.29, 1.82) is 0 Å². The first-order chi connectivity index (χ1) is 25.3. The molecule has 2 heterocycles. The number of aliphatic hydroxyl groups excluding tert-OH is 1. The fraction of sp³-hybridized carbons (Fsp3) is 0.811. The van der Waals surface area contributed by atoms with Crippen molar-refractivity contribution >= 4 is 41.4 Å². The highest BCUT2D eigenvalue weighted by Gasteiger charge is 2.43. The largest absolute Gasteiger partial charge is 0.481 e. The van der Waals surface area contributed by atoms with Gasteiger partial charge in [-0.2, -0.15) is 0 Å². The van der Waals surface area contributed by atoms with Crippen molar-refractivity contribution in [2.75, 3.05) is 26.2 Å². The number of carbonyl (C=O) groups is 7. The zero-order valence-electron chi connectivity index (χ0n) is 31.8. The van der Waals surface area contributed by atoms with Crippen molar-refractivity contribution in [2.45, 2.75) is 153 Å². The molecule has 8 N–H and O–H groups in total. The van der Waals surface area contributed by atoms with Gasteiger partial charge in [0.2, 0.25) is 35.4 Å². The van der Waals surface area contributed by atoms with E-state index in [2.05, 4.69) is 28.2 Å². The van der Waals surface area contributed by atoms with Gasteiger partial charge in [0, 0.05) is 26.1 Å². The molecular formula is C37H63N7O9. The van der Waals surface area contributed by atoms with E-state index in [0.717, 1.165) is 25.7 Å². The van der Waals surface area contributed by atoms with Gasteiger partial charge in [-0.3, -0.25) is 33.6 Å². The summed E-state index contributed by atoms with van der Waals surface area (Å²) in [6.07, 6.45) is 7.70. The number of likely N-dealkylation sites (tertiary alicyclic amines) is 2. The van der Waals surface area contributed by atoms with Gasteiger partial charge in [0.15, 0.2) is 0 Å². The number of amides is 6. The molecule has 0 unspecified atom stereocenters. The van der Waals surface area contributed by atoms with Gasteiger partial charge in [-0.1, -0.05) is 46.0 Å². The minimum absolute atomic E-state index is 0.113. The molecule has 7 atom stereocenters. The summed E-state index contributed by atoms with van der Waals surface area (Å²) in [5.74, 6) is -4.07. The molecule has 0 aromatic rings. The van der Waals surface area contributed by atoms with Crippen LogP contribution in [0.5, 0.6) is 0 Å². The van der Waals surface area contributed by atoms with E-state index >= 15 is 0 Å². The van der Waals surface area contributed by atoms with Crippen LogP contribution in [0.1, 0.15) is 117 Å². The van der Waals surface area contributed by atoms with E-state index in [1.807, 2.05) is 6.92 Å². The summed E-state index contributed by atoms with van der Waals surface area (Å²) in [5.41, 5.74) is 5.70. The average molecular weight is 750 g/mol. The van der Waals surface area contributed by atoms with Crippen molar-refractivity contribution in [3.05, 3.63) is 0 Å². The summed E-state index contributed by atoms with van der Waals surface area (Å²) in [6.45, 7) is 6.42. The van der Waals surface area contributed by atoms with Gasteiger partial charge in [0.25, 0.3) is 0 Å². The number of nitrogens with one attached hydrogen (secondary N) is 4. The second-order valence-electron chi connectivity index (χ2n) is 15.0. The molecule has 6 amide bonds. The number of hydrogen-bond donors (Lipinski definition) is 7. The summed E-state index contributed by atoms with van der Waals surface area (Å²) in [6, 6.07) is -5.72. The SMILES string of the molecule is CCCNC(=O)[C@@H](NC(=O)[C@@H]1CCCN1C(=O)[C@H](CC(=O)O)NC(=O)[C@@H]1CCCN1C(=O)[C@H](CCCCN)NC(=O)C[C@H](C)C1CCCCC1)[C@@H](C)O. The number of carboxylic acid groups (broad SMARTS) is 1. The molecule has 16 nitrogen and oxygen atoms in total. The molecular weight excluding hydrogens is 686 g/mol. The monoisotopic (exact) mass is 749 g/mol. The number of unbranched alkanes of at least 4 members (excludes halogenated alkanes) is 1. The minimum atomic E-state index is -1.53. The Bertz CT molecular complexity index is 1270. The van der Waals surface area contributed by atoms with Crippen molar-refractivity contribution in [2.24, 2.45) is 17.6 Å². The third-order valence-electron chi connectivity index (χ3n) is 10.8. The summed E-state index contributed by atoms with van der Waals surface area (Å²) >= 11 is 0.